The second-order valence-corrected chi connectivity index (χ2v) is 5.56. The molecule has 3 aromatic rings. The van der Waals surface area contributed by atoms with Gasteiger partial charge in [-0.15, -0.1) is 0 Å². The molecule has 0 spiro atoms. The van der Waals surface area contributed by atoms with E-state index in [9.17, 15) is 4.79 Å². The minimum Gasteiger partial charge on any atom is -0.424 e. The lowest BCUT2D eigenvalue weighted by Gasteiger charge is -2.07. The first-order valence-electron chi connectivity index (χ1n) is 8.19. The smallest absolute Gasteiger partial charge is 0.322 e. The third-order valence-corrected chi connectivity index (χ3v) is 3.49. The molecule has 0 aliphatic heterocycles. The maximum atomic E-state index is 12.1. The second kappa shape index (κ2) is 7.60. The van der Waals surface area contributed by atoms with Crippen LogP contribution in [0.25, 0.3) is 17.1 Å². The van der Waals surface area contributed by atoms with Gasteiger partial charge in [-0.1, -0.05) is 24.8 Å². The van der Waals surface area contributed by atoms with Crippen LogP contribution in [-0.2, 0) is 0 Å². The van der Waals surface area contributed by atoms with Crippen molar-refractivity contribution in [2.75, 3.05) is 6.54 Å². The highest BCUT2D eigenvalue weighted by Gasteiger charge is 2.17. The molecule has 0 saturated carbocycles. The number of hydrogen-bond acceptors (Lipinski definition) is 5. The average Bonchev–Trinajstić information content (AvgIpc) is 3.09. The van der Waals surface area contributed by atoms with Gasteiger partial charge in [-0.25, -0.2) is 9.67 Å². The van der Waals surface area contributed by atoms with E-state index in [2.05, 4.69) is 27.0 Å². The van der Waals surface area contributed by atoms with Crippen LogP contribution in [0, 0.1) is 0 Å². The molecule has 0 aliphatic carbocycles. The van der Waals surface area contributed by atoms with Gasteiger partial charge < -0.3 is 10.1 Å². The van der Waals surface area contributed by atoms with E-state index in [0.717, 1.165) is 0 Å². The molecule has 3 rings (SSSR count). The molecule has 0 atom stereocenters. The molecule has 7 heteroatoms. The summed E-state index contributed by atoms with van der Waals surface area (Å²) < 4.78 is 7.26. The van der Waals surface area contributed by atoms with Gasteiger partial charge in [-0.3, -0.25) is 4.79 Å². The summed E-state index contributed by atoms with van der Waals surface area (Å²) in [5.41, 5.74) is 2.18. The number of nitrogens with zero attached hydrogens (tertiary/aromatic N) is 4. The molecule has 132 valence electrons. The summed E-state index contributed by atoms with van der Waals surface area (Å²) in [5.74, 6) is 0.393. The Morgan fingerprint density at radius 3 is 2.73 bits per heavy atom. The Morgan fingerprint density at radius 1 is 1.27 bits per heavy atom. The summed E-state index contributed by atoms with van der Waals surface area (Å²) >= 11 is 0. The van der Waals surface area contributed by atoms with Crippen molar-refractivity contribution in [3.63, 3.8) is 0 Å². The first-order valence-corrected chi connectivity index (χ1v) is 8.19. The van der Waals surface area contributed by atoms with E-state index >= 15 is 0 Å². The van der Waals surface area contributed by atoms with E-state index < -0.39 is 0 Å². The Kier molecular flexibility index (Phi) is 5.07. The molecule has 7 nitrogen and oxygen atoms in total. The molecule has 0 radical (unpaired) electrons. The molecule has 26 heavy (non-hydrogen) atoms. The quantitative estimate of drug-likeness (QED) is 0.738. The Labute approximate surface area is 151 Å². The standard InChI is InChI=1S/C19H19N5O2/c1-4-20-18(25)16-12-17(24(23-16)13(2)3)15-10-11-21-19(22-15)26-14-8-6-5-7-9-14/h5-12H,2,4H2,1,3H3,(H,20,25). The molecule has 1 amide bonds. The number of allylic oxidation sites excluding steroid dienone is 1. The van der Waals surface area contributed by atoms with Gasteiger partial charge in [-0.05, 0) is 38.1 Å². The lowest BCUT2D eigenvalue weighted by atomic mass is 10.2. The average molecular weight is 349 g/mol. The molecule has 2 aromatic heterocycles. The summed E-state index contributed by atoms with van der Waals surface area (Å²) in [4.78, 5) is 20.7. The molecule has 0 bridgehead atoms. The first-order chi connectivity index (χ1) is 12.6. The van der Waals surface area contributed by atoms with Crippen LogP contribution in [0.2, 0.25) is 0 Å². The van der Waals surface area contributed by atoms with Crippen molar-refractivity contribution >= 4 is 11.6 Å². The number of rotatable bonds is 6. The van der Waals surface area contributed by atoms with Crippen LogP contribution < -0.4 is 10.1 Å². The van der Waals surface area contributed by atoms with Gasteiger partial charge in [0, 0.05) is 18.4 Å². The highest BCUT2D eigenvalue weighted by atomic mass is 16.5. The number of amides is 1. The number of para-hydroxylation sites is 1. The minimum atomic E-state index is -0.247. The monoisotopic (exact) mass is 349 g/mol. The minimum absolute atomic E-state index is 0.211. The predicted octanol–water partition coefficient (Wildman–Crippen LogP) is 3.37. The van der Waals surface area contributed by atoms with E-state index in [0.29, 0.717) is 35.1 Å². The second-order valence-electron chi connectivity index (χ2n) is 5.56. The van der Waals surface area contributed by atoms with Crippen molar-refractivity contribution in [3.05, 3.63) is 60.9 Å². The zero-order valence-electron chi connectivity index (χ0n) is 14.6. The zero-order chi connectivity index (χ0) is 18.5. The van der Waals surface area contributed by atoms with E-state index in [1.165, 1.54) is 0 Å². The number of aromatic nitrogens is 4. The fourth-order valence-corrected chi connectivity index (χ4v) is 2.34. The summed E-state index contributed by atoms with van der Waals surface area (Å²) in [6, 6.07) is 12.9. The molecule has 0 unspecified atom stereocenters. The van der Waals surface area contributed by atoms with Crippen molar-refractivity contribution in [2.24, 2.45) is 0 Å². The number of benzene rings is 1. The highest BCUT2D eigenvalue weighted by molar-refractivity contribution is 5.93. The maximum Gasteiger partial charge on any atom is 0.322 e. The molecular weight excluding hydrogens is 330 g/mol. The highest BCUT2D eigenvalue weighted by Crippen LogP contribution is 2.24. The zero-order valence-corrected chi connectivity index (χ0v) is 14.6. The van der Waals surface area contributed by atoms with Crippen LogP contribution in [0.3, 0.4) is 0 Å². The van der Waals surface area contributed by atoms with Gasteiger partial charge in [0.1, 0.15) is 5.75 Å². The van der Waals surface area contributed by atoms with Crippen molar-refractivity contribution in [2.45, 2.75) is 13.8 Å². The summed E-state index contributed by atoms with van der Waals surface area (Å²) in [5, 5.41) is 7.06. The lowest BCUT2D eigenvalue weighted by Crippen LogP contribution is -2.23. The van der Waals surface area contributed by atoms with E-state index in [1.807, 2.05) is 37.3 Å². The summed E-state index contributed by atoms with van der Waals surface area (Å²) in [6.07, 6.45) is 1.60. The summed E-state index contributed by atoms with van der Waals surface area (Å²) in [7, 11) is 0. The number of hydrogen-bond donors (Lipinski definition) is 1. The maximum absolute atomic E-state index is 12.1. The predicted molar refractivity (Wildman–Crippen MR) is 98.8 cm³/mol. The number of carbonyl (C=O) groups is 1. The van der Waals surface area contributed by atoms with E-state index in [4.69, 9.17) is 4.74 Å². The van der Waals surface area contributed by atoms with Crippen molar-refractivity contribution in [1.82, 2.24) is 25.1 Å². The molecule has 0 aliphatic rings. The van der Waals surface area contributed by atoms with Crippen LogP contribution >= 0.6 is 0 Å². The van der Waals surface area contributed by atoms with E-state index in [-0.39, 0.29) is 11.9 Å². The van der Waals surface area contributed by atoms with Gasteiger partial charge in [0.25, 0.3) is 5.91 Å². The largest absolute Gasteiger partial charge is 0.424 e. The van der Waals surface area contributed by atoms with Crippen LogP contribution in [-0.4, -0.2) is 32.2 Å². The fourth-order valence-electron chi connectivity index (χ4n) is 2.34. The van der Waals surface area contributed by atoms with Gasteiger partial charge in [0.15, 0.2) is 5.69 Å². The molecular formula is C19H19N5O2. The molecule has 0 saturated heterocycles. The Balaban J connectivity index is 1.96. The van der Waals surface area contributed by atoms with Crippen molar-refractivity contribution in [1.29, 1.82) is 0 Å². The lowest BCUT2D eigenvalue weighted by molar-refractivity contribution is 0.0950. The summed E-state index contributed by atoms with van der Waals surface area (Å²) in [6.45, 7) is 8.10. The Bertz CT molecular complexity index is 934. The molecule has 0 fully saturated rings. The van der Waals surface area contributed by atoms with Gasteiger partial charge in [0.2, 0.25) is 0 Å². The third kappa shape index (κ3) is 3.77. The number of carbonyl (C=O) groups excluding carboxylic acids is 1. The normalized spacial score (nSPS) is 10.4. The van der Waals surface area contributed by atoms with Crippen molar-refractivity contribution in [3.8, 4) is 23.1 Å². The van der Waals surface area contributed by atoms with Gasteiger partial charge in [-0.2, -0.15) is 10.1 Å². The SMILES string of the molecule is C=C(C)n1nc(C(=O)NCC)cc1-c1ccnc(Oc2ccccc2)n1. The Hall–Kier alpha value is -3.48. The third-order valence-electron chi connectivity index (χ3n) is 3.49. The Morgan fingerprint density at radius 2 is 2.04 bits per heavy atom. The number of ether oxygens (including phenoxy) is 1. The van der Waals surface area contributed by atoms with Gasteiger partial charge in [0.05, 0.1) is 11.4 Å². The van der Waals surface area contributed by atoms with Crippen LogP contribution in [0.1, 0.15) is 24.3 Å². The van der Waals surface area contributed by atoms with Crippen LogP contribution in [0.5, 0.6) is 11.8 Å². The van der Waals surface area contributed by atoms with Crippen LogP contribution in [0.15, 0.2) is 55.2 Å². The van der Waals surface area contributed by atoms with E-state index in [1.54, 1.807) is 29.9 Å². The molecule has 1 aromatic carbocycles. The molecule has 2 heterocycles. The number of nitrogens with one attached hydrogen (secondary N) is 1. The topological polar surface area (TPSA) is 81.9 Å². The van der Waals surface area contributed by atoms with Crippen LogP contribution in [0.4, 0.5) is 0 Å². The van der Waals surface area contributed by atoms with Gasteiger partial charge >= 0.3 is 6.01 Å². The molecule has 1 N–H and O–H groups in total. The van der Waals surface area contributed by atoms with Crippen molar-refractivity contribution < 1.29 is 9.53 Å². The fraction of sp³-hybridized carbons (Fsp3) is 0.158. The first kappa shape index (κ1) is 17.3.